The summed E-state index contributed by atoms with van der Waals surface area (Å²) in [6.07, 6.45) is 0.750. The molecule has 1 aromatic heterocycles. The van der Waals surface area contributed by atoms with E-state index in [1.54, 1.807) is 12.1 Å². The summed E-state index contributed by atoms with van der Waals surface area (Å²) in [7, 11) is 0. The number of Topliss-reactive ketones (excluding diaryl/α,β-unsaturated/α-hetero) is 1. The Morgan fingerprint density at radius 1 is 1.06 bits per heavy atom. The van der Waals surface area contributed by atoms with Gasteiger partial charge < -0.3 is 5.32 Å². The minimum absolute atomic E-state index is 0.0363. The maximum Gasteiger partial charge on any atom is 0.292 e. The Hall–Kier alpha value is -3.87. The van der Waals surface area contributed by atoms with Gasteiger partial charge in [-0.2, -0.15) is 0 Å². The van der Waals surface area contributed by atoms with E-state index in [1.807, 2.05) is 43.3 Å². The number of carbonyl (C=O) groups excluding carboxylic acids is 4. The van der Waals surface area contributed by atoms with E-state index in [9.17, 15) is 19.2 Å². The van der Waals surface area contributed by atoms with Crippen LogP contribution in [0.25, 0.3) is 10.9 Å². The van der Waals surface area contributed by atoms with Gasteiger partial charge in [-0.05, 0) is 53.6 Å². The van der Waals surface area contributed by atoms with Crippen LogP contribution in [0.5, 0.6) is 0 Å². The molecule has 2 aromatic carbocycles. The Bertz CT molecular complexity index is 1340. The molecular formula is C28H29N3O4. The number of imide groups is 1. The Morgan fingerprint density at radius 2 is 1.77 bits per heavy atom. The quantitative estimate of drug-likeness (QED) is 0.334. The van der Waals surface area contributed by atoms with E-state index in [-0.39, 0.29) is 23.8 Å². The lowest BCUT2D eigenvalue weighted by molar-refractivity contribution is -0.134. The minimum Gasteiger partial charge on any atom is -0.345 e. The van der Waals surface area contributed by atoms with E-state index >= 15 is 0 Å². The molecule has 0 saturated carbocycles. The number of aryl methyl sites for hydroxylation is 1. The highest BCUT2D eigenvalue weighted by Crippen LogP contribution is 2.29. The highest BCUT2D eigenvalue weighted by atomic mass is 16.2. The summed E-state index contributed by atoms with van der Waals surface area (Å²) in [5.74, 6) is -2.22. The molecule has 0 spiro atoms. The molecule has 1 atom stereocenters. The van der Waals surface area contributed by atoms with Crippen molar-refractivity contribution in [2.24, 2.45) is 0 Å². The van der Waals surface area contributed by atoms with Gasteiger partial charge in [0.15, 0.2) is 0 Å². The van der Waals surface area contributed by atoms with Crippen molar-refractivity contribution >= 4 is 34.4 Å². The molecule has 2 heterocycles. The van der Waals surface area contributed by atoms with Crippen LogP contribution in [-0.2, 0) is 26.3 Å². The van der Waals surface area contributed by atoms with Crippen LogP contribution in [-0.4, -0.2) is 28.5 Å². The predicted octanol–water partition coefficient (Wildman–Crippen LogP) is 3.86. The lowest BCUT2D eigenvalue weighted by Gasteiger charge is -2.22. The number of fused-ring (bicyclic) bond motifs is 1. The lowest BCUT2D eigenvalue weighted by Crippen LogP contribution is -2.39. The van der Waals surface area contributed by atoms with Gasteiger partial charge in [0.25, 0.3) is 5.91 Å². The van der Waals surface area contributed by atoms with Crippen LogP contribution in [0.15, 0.2) is 48.5 Å². The zero-order valence-corrected chi connectivity index (χ0v) is 20.4. The molecule has 7 nitrogen and oxygen atoms in total. The molecule has 1 aliphatic rings. The number of nitrogens with zero attached hydrogens (tertiary/aromatic N) is 1. The molecule has 180 valence electrons. The Morgan fingerprint density at radius 3 is 2.43 bits per heavy atom. The number of piperidine rings is 1. The third-order valence-electron chi connectivity index (χ3n) is 6.40. The maximum atomic E-state index is 12.6. The average molecular weight is 472 g/mol. The fourth-order valence-electron chi connectivity index (χ4n) is 4.31. The molecule has 1 fully saturated rings. The SMILES string of the molecule is Cc1nc2ccc(CNC(=O)C(=O)c3ccc(C(C)(C)C)cc3)cc2cc1C1CCC(=O)NC1=O. The molecule has 1 aliphatic heterocycles. The number of hydrogen-bond acceptors (Lipinski definition) is 5. The smallest absolute Gasteiger partial charge is 0.292 e. The third-order valence-corrected chi connectivity index (χ3v) is 6.40. The van der Waals surface area contributed by atoms with Crippen molar-refractivity contribution in [2.45, 2.75) is 58.4 Å². The molecule has 0 radical (unpaired) electrons. The number of pyridine rings is 1. The van der Waals surface area contributed by atoms with Crippen molar-refractivity contribution in [2.75, 3.05) is 0 Å². The second-order valence-corrected chi connectivity index (χ2v) is 10.0. The zero-order chi connectivity index (χ0) is 25.3. The molecule has 1 saturated heterocycles. The van der Waals surface area contributed by atoms with Crippen molar-refractivity contribution in [3.63, 3.8) is 0 Å². The van der Waals surface area contributed by atoms with Crippen molar-refractivity contribution < 1.29 is 19.2 Å². The van der Waals surface area contributed by atoms with Gasteiger partial charge in [0, 0.05) is 29.6 Å². The van der Waals surface area contributed by atoms with Gasteiger partial charge >= 0.3 is 0 Å². The number of ketones is 1. The summed E-state index contributed by atoms with van der Waals surface area (Å²) in [5, 5.41) is 5.92. The summed E-state index contributed by atoms with van der Waals surface area (Å²) >= 11 is 0. The molecule has 4 rings (SSSR count). The second kappa shape index (κ2) is 9.41. The molecule has 2 N–H and O–H groups in total. The summed E-state index contributed by atoms with van der Waals surface area (Å²) in [6.45, 7) is 8.30. The summed E-state index contributed by atoms with van der Waals surface area (Å²) < 4.78 is 0. The van der Waals surface area contributed by atoms with E-state index in [0.29, 0.717) is 18.4 Å². The highest BCUT2D eigenvalue weighted by Gasteiger charge is 2.29. The molecule has 35 heavy (non-hydrogen) atoms. The second-order valence-electron chi connectivity index (χ2n) is 10.0. The van der Waals surface area contributed by atoms with Crippen molar-refractivity contribution in [1.82, 2.24) is 15.6 Å². The van der Waals surface area contributed by atoms with Crippen LogP contribution < -0.4 is 10.6 Å². The first-order valence-electron chi connectivity index (χ1n) is 11.7. The fourth-order valence-corrected chi connectivity index (χ4v) is 4.31. The van der Waals surface area contributed by atoms with Gasteiger partial charge in [-0.15, -0.1) is 0 Å². The number of aromatic nitrogens is 1. The predicted molar refractivity (Wildman–Crippen MR) is 133 cm³/mol. The van der Waals surface area contributed by atoms with Gasteiger partial charge in [-0.1, -0.05) is 51.1 Å². The number of amides is 3. The first-order valence-corrected chi connectivity index (χ1v) is 11.7. The number of carbonyl (C=O) groups is 4. The van der Waals surface area contributed by atoms with E-state index in [0.717, 1.165) is 33.3 Å². The number of nitrogens with one attached hydrogen (secondary N) is 2. The largest absolute Gasteiger partial charge is 0.345 e. The van der Waals surface area contributed by atoms with Gasteiger partial charge in [0.2, 0.25) is 17.6 Å². The van der Waals surface area contributed by atoms with Crippen molar-refractivity contribution in [1.29, 1.82) is 0 Å². The topological polar surface area (TPSA) is 105 Å². The van der Waals surface area contributed by atoms with E-state index in [1.165, 1.54) is 0 Å². The highest BCUT2D eigenvalue weighted by molar-refractivity contribution is 6.42. The Balaban J connectivity index is 1.48. The fraction of sp³-hybridized carbons (Fsp3) is 0.321. The normalized spacial score (nSPS) is 16.2. The summed E-state index contributed by atoms with van der Waals surface area (Å²) in [5.41, 5.74) is 4.51. The lowest BCUT2D eigenvalue weighted by atomic mass is 9.86. The van der Waals surface area contributed by atoms with Crippen LogP contribution in [0.1, 0.15) is 72.3 Å². The van der Waals surface area contributed by atoms with Crippen LogP contribution >= 0.6 is 0 Å². The zero-order valence-electron chi connectivity index (χ0n) is 20.4. The van der Waals surface area contributed by atoms with E-state index < -0.39 is 17.6 Å². The van der Waals surface area contributed by atoms with Crippen molar-refractivity contribution in [3.05, 3.63) is 76.5 Å². The minimum atomic E-state index is -0.667. The summed E-state index contributed by atoms with van der Waals surface area (Å²) in [6, 6.07) is 14.6. The monoisotopic (exact) mass is 471 g/mol. The first-order chi connectivity index (χ1) is 16.5. The maximum absolute atomic E-state index is 12.6. The molecule has 3 aromatic rings. The molecular weight excluding hydrogens is 442 g/mol. The third kappa shape index (κ3) is 5.29. The number of benzene rings is 2. The van der Waals surface area contributed by atoms with Gasteiger partial charge in [0.1, 0.15) is 0 Å². The molecule has 0 aliphatic carbocycles. The van der Waals surface area contributed by atoms with Gasteiger partial charge in [-0.25, -0.2) is 0 Å². The van der Waals surface area contributed by atoms with Gasteiger partial charge in [-0.3, -0.25) is 29.5 Å². The first kappa shape index (κ1) is 24.3. The molecule has 1 unspecified atom stereocenters. The van der Waals surface area contributed by atoms with Crippen LogP contribution in [0.2, 0.25) is 0 Å². The number of rotatable bonds is 5. The van der Waals surface area contributed by atoms with Crippen molar-refractivity contribution in [3.8, 4) is 0 Å². The molecule has 3 amide bonds. The van der Waals surface area contributed by atoms with Crippen LogP contribution in [0.4, 0.5) is 0 Å². The summed E-state index contributed by atoms with van der Waals surface area (Å²) in [4.78, 5) is 53.5. The average Bonchev–Trinajstić information content (AvgIpc) is 2.81. The van der Waals surface area contributed by atoms with Crippen LogP contribution in [0, 0.1) is 6.92 Å². The number of hydrogen-bond donors (Lipinski definition) is 2. The van der Waals surface area contributed by atoms with E-state index in [2.05, 4.69) is 36.4 Å². The Kier molecular flexibility index (Phi) is 6.52. The van der Waals surface area contributed by atoms with E-state index in [4.69, 9.17) is 0 Å². The van der Waals surface area contributed by atoms with Gasteiger partial charge in [0.05, 0.1) is 11.4 Å². The standard InChI is InChI=1S/C28H29N3O4/c1-16-22(21-10-12-24(32)31-26(21)34)14-19-13-17(5-11-23(19)30-16)15-29-27(35)25(33)18-6-8-20(9-7-18)28(2,3)4/h5-9,11,13-14,21H,10,12,15H2,1-4H3,(H,29,35)(H,31,32,34). The molecule has 7 heteroatoms. The molecule has 0 bridgehead atoms. The Labute approximate surface area is 204 Å². The van der Waals surface area contributed by atoms with Crippen LogP contribution in [0.3, 0.4) is 0 Å².